The number of amides is 1. The number of benzene rings is 2. The van der Waals surface area contributed by atoms with Gasteiger partial charge < -0.3 is 9.80 Å². The van der Waals surface area contributed by atoms with Crippen molar-refractivity contribution in [2.45, 2.75) is 52.1 Å². The largest absolute Gasteiger partial charge is 0.368 e. The topological polar surface area (TPSA) is 26.8 Å². The fourth-order valence-electron chi connectivity index (χ4n) is 4.31. The minimum absolute atomic E-state index is 0.282. The van der Waals surface area contributed by atoms with Crippen molar-refractivity contribution in [3.05, 3.63) is 65.2 Å². The molecule has 4 nitrogen and oxygen atoms in total. The molecule has 30 heavy (non-hydrogen) atoms. The highest BCUT2D eigenvalue weighted by Crippen LogP contribution is 2.29. The first-order valence-corrected chi connectivity index (χ1v) is 11.4. The van der Waals surface area contributed by atoms with Crippen LogP contribution >= 0.6 is 0 Å². The van der Waals surface area contributed by atoms with Crippen LogP contribution < -0.4 is 4.90 Å². The number of nitrogens with zero attached hydrogens (tertiary/aromatic N) is 3. The number of anilines is 1. The van der Waals surface area contributed by atoms with E-state index < -0.39 is 0 Å². The third-order valence-electron chi connectivity index (χ3n) is 6.43. The molecule has 2 fully saturated rings. The summed E-state index contributed by atoms with van der Waals surface area (Å²) in [6, 6.07) is 18.2. The Morgan fingerprint density at radius 3 is 2.33 bits per heavy atom. The zero-order valence-electron chi connectivity index (χ0n) is 18.7. The smallest absolute Gasteiger partial charge is 0.236 e. The van der Waals surface area contributed by atoms with Gasteiger partial charge in [0.05, 0.1) is 6.54 Å². The van der Waals surface area contributed by atoms with Crippen LogP contribution in [-0.4, -0.2) is 54.5 Å². The van der Waals surface area contributed by atoms with E-state index in [1.54, 1.807) is 0 Å². The zero-order valence-corrected chi connectivity index (χ0v) is 18.7. The molecule has 2 aliphatic rings. The van der Waals surface area contributed by atoms with Gasteiger partial charge in [0.2, 0.25) is 5.91 Å². The van der Waals surface area contributed by atoms with Gasteiger partial charge in [-0.15, -0.1) is 0 Å². The number of carbonyl (C=O) groups is 1. The average molecular weight is 406 g/mol. The predicted octanol–water partition coefficient (Wildman–Crippen LogP) is 4.43. The highest BCUT2D eigenvalue weighted by Gasteiger charge is 2.32. The number of rotatable bonds is 7. The average Bonchev–Trinajstić information content (AvgIpc) is 3.59. The molecule has 1 saturated carbocycles. The standard InChI is InChI=1S/C26H35N3O/c1-20(2)23-9-7-22(8-10-23)18-29(24-11-12-24)19-26(30)28-15-13-27(14-16-28)25-6-4-5-21(3)17-25/h4-10,17,20,24H,11-16,18-19H2,1-3H3. The summed E-state index contributed by atoms with van der Waals surface area (Å²) < 4.78 is 0. The monoisotopic (exact) mass is 405 g/mol. The van der Waals surface area contributed by atoms with Crippen molar-refractivity contribution < 1.29 is 4.79 Å². The van der Waals surface area contributed by atoms with Gasteiger partial charge in [0, 0.05) is 44.5 Å². The maximum atomic E-state index is 13.0. The molecule has 1 saturated heterocycles. The molecule has 160 valence electrons. The lowest BCUT2D eigenvalue weighted by Gasteiger charge is -2.37. The molecular weight excluding hydrogens is 370 g/mol. The van der Waals surface area contributed by atoms with Gasteiger partial charge in [-0.05, 0) is 54.5 Å². The summed E-state index contributed by atoms with van der Waals surface area (Å²) in [4.78, 5) is 19.9. The number of hydrogen-bond donors (Lipinski definition) is 0. The molecule has 0 bridgehead atoms. The van der Waals surface area contributed by atoms with Crippen LogP contribution in [0, 0.1) is 6.92 Å². The van der Waals surface area contributed by atoms with Crippen molar-refractivity contribution >= 4 is 11.6 Å². The quantitative estimate of drug-likeness (QED) is 0.682. The van der Waals surface area contributed by atoms with Gasteiger partial charge >= 0.3 is 0 Å². The Balaban J connectivity index is 1.31. The van der Waals surface area contributed by atoms with E-state index in [-0.39, 0.29) is 5.91 Å². The van der Waals surface area contributed by atoms with Crippen molar-refractivity contribution in [3.63, 3.8) is 0 Å². The molecule has 2 aromatic carbocycles. The molecule has 0 radical (unpaired) electrons. The predicted molar refractivity (Wildman–Crippen MR) is 124 cm³/mol. The molecule has 2 aromatic rings. The van der Waals surface area contributed by atoms with Gasteiger partial charge in [-0.25, -0.2) is 0 Å². The van der Waals surface area contributed by atoms with Crippen molar-refractivity contribution in [2.24, 2.45) is 0 Å². The van der Waals surface area contributed by atoms with E-state index in [9.17, 15) is 4.79 Å². The summed E-state index contributed by atoms with van der Waals surface area (Å²) in [6.45, 7) is 11.4. The number of carbonyl (C=O) groups excluding carboxylic acids is 1. The van der Waals surface area contributed by atoms with E-state index in [1.165, 1.54) is 35.2 Å². The lowest BCUT2D eigenvalue weighted by atomic mass is 10.0. The highest BCUT2D eigenvalue weighted by atomic mass is 16.2. The molecule has 0 atom stereocenters. The highest BCUT2D eigenvalue weighted by molar-refractivity contribution is 5.78. The minimum atomic E-state index is 0.282. The maximum Gasteiger partial charge on any atom is 0.236 e. The van der Waals surface area contributed by atoms with E-state index in [0.717, 1.165) is 32.7 Å². The van der Waals surface area contributed by atoms with Crippen molar-refractivity contribution in [1.82, 2.24) is 9.80 Å². The Morgan fingerprint density at radius 1 is 1.03 bits per heavy atom. The van der Waals surface area contributed by atoms with E-state index in [1.807, 2.05) is 0 Å². The molecule has 1 aliphatic carbocycles. The molecular formula is C26H35N3O. The van der Waals surface area contributed by atoms with E-state index in [4.69, 9.17) is 0 Å². The van der Waals surface area contributed by atoms with Crippen molar-refractivity contribution in [1.29, 1.82) is 0 Å². The van der Waals surface area contributed by atoms with Crippen LogP contribution in [0.4, 0.5) is 5.69 Å². The summed E-state index contributed by atoms with van der Waals surface area (Å²) in [6.07, 6.45) is 2.44. The molecule has 0 aromatic heterocycles. The van der Waals surface area contributed by atoms with Crippen LogP contribution in [0.15, 0.2) is 48.5 Å². The first kappa shape index (κ1) is 20.9. The molecule has 0 N–H and O–H groups in total. The fourth-order valence-corrected chi connectivity index (χ4v) is 4.31. The van der Waals surface area contributed by atoms with Crippen LogP contribution in [0.2, 0.25) is 0 Å². The van der Waals surface area contributed by atoms with Crippen LogP contribution in [0.5, 0.6) is 0 Å². The normalized spacial score (nSPS) is 17.1. The summed E-state index contributed by atoms with van der Waals surface area (Å²) in [5.41, 5.74) is 5.24. The Hall–Kier alpha value is -2.33. The molecule has 1 aliphatic heterocycles. The second kappa shape index (κ2) is 9.22. The second-order valence-electron chi connectivity index (χ2n) is 9.24. The first-order valence-electron chi connectivity index (χ1n) is 11.4. The van der Waals surface area contributed by atoms with E-state index in [2.05, 4.69) is 84.0 Å². The lowest BCUT2D eigenvalue weighted by Crippen LogP contribution is -2.51. The SMILES string of the molecule is Cc1cccc(N2CCN(C(=O)CN(Cc3ccc(C(C)C)cc3)C3CC3)CC2)c1. The molecule has 1 amide bonds. The Morgan fingerprint density at radius 2 is 1.73 bits per heavy atom. The Kier molecular flexibility index (Phi) is 6.43. The van der Waals surface area contributed by atoms with Gasteiger partial charge in [-0.3, -0.25) is 9.69 Å². The van der Waals surface area contributed by atoms with E-state index >= 15 is 0 Å². The van der Waals surface area contributed by atoms with Crippen molar-refractivity contribution in [2.75, 3.05) is 37.6 Å². The number of aryl methyl sites for hydroxylation is 1. The van der Waals surface area contributed by atoms with E-state index in [0.29, 0.717) is 18.5 Å². The summed E-state index contributed by atoms with van der Waals surface area (Å²) >= 11 is 0. The molecule has 0 unspecified atom stereocenters. The molecule has 4 heteroatoms. The second-order valence-corrected chi connectivity index (χ2v) is 9.24. The van der Waals surface area contributed by atoms with Gasteiger partial charge in [0.1, 0.15) is 0 Å². The third-order valence-corrected chi connectivity index (χ3v) is 6.43. The zero-order chi connectivity index (χ0) is 21.1. The lowest BCUT2D eigenvalue weighted by molar-refractivity contribution is -0.133. The van der Waals surface area contributed by atoms with Crippen LogP contribution in [0.3, 0.4) is 0 Å². The van der Waals surface area contributed by atoms with Gasteiger partial charge in [0.25, 0.3) is 0 Å². The first-order chi connectivity index (χ1) is 14.5. The van der Waals surface area contributed by atoms with Crippen LogP contribution in [-0.2, 0) is 11.3 Å². The summed E-state index contributed by atoms with van der Waals surface area (Å²) in [5.74, 6) is 0.836. The molecule has 0 spiro atoms. The van der Waals surface area contributed by atoms with Gasteiger partial charge in [-0.2, -0.15) is 0 Å². The minimum Gasteiger partial charge on any atom is -0.368 e. The van der Waals surface area contributed by atoms with Crippen molar-refractivity contribution in [3.8, 4) is 0 Å². The molecule has 4 rings (SSSR count). The third kappa shape index (κ3) is 5.23. The van der Waals surface area contributed by atoms with Gasteiger partial charge in [0.15, 0.2) is 0 Å². The maximum absolute atomic E-state index is 13.0. The van der Waals surface area contributed by atoms with Crippen LogP contribution in [0.1, 0.15) is 49.3 Å². The summed E-state index contributed by atoms with van der Waals surface area (Å²) in [7, 11) is 0. The number of piperazine rings is 1. The summed E-state index contributed by atoms with van der Waals surface area (Å²) in [5, 5.41) is 0. The fraction of sp³-hybridized carbons (Fsp3) is 0.500. The van der Waals surface area contributed by atoms with Gasteiger partial charge in [-0.1, -0.05) is 50.2 Å². The van der Waals surface area contributed by atoms with Crippen LogP contribution in [0.25, 0.3) is 0 Å². The Bertz CT molecular complexity index is 849. The number of hydrogen-bond acceptors (Lipinski definition) is 3. The molecule has 1 heterocycles. The Labute approximate surface area is 181 Å².